The van der Waals surface area contributed by atoms with E-state index in [9.17, 15) is 19.1 Å². The van der Waals surface area contributed by atoms with Gasteiger partial charge in [-0.2, -0.15) is 5.26 Å². The van der Waals surface area contributed by atoms with Crippen LogP contribution in [0.4, 0.5) is 9.18 Å². The van der Waals surface area contributed by atoms with Gasteiger partial charge in [0.2, 0.25) is 0 Å². The van der Waals surface area contributed by atoms with Crippen LogP contribution in [0, 0.1) is 29.0 Å². The smallest absolute Gasteiger partial charge is 0.321 e. The van der Waals surface area contributed by atoms with E-state index in [0.29, 0.717) is 25.2 Å². The van der Waals surface area contributed by atoms with Gasteiger partial charge in [-0.3, -0.25) is 9.69 Å². The first-order valence-corrected chi connectivity index (χ1v) is 15.4. The molecular weight excluding hydrogens is 533 g/mol. The van der Waals surface area contributed by atoms with Crippen molar-refractivity contribution in [2.24, 2.45) is 11.8 Å². The number of hydrogen-bond donors (Lipinski definition) is 3. The summed E-state index contributed by atoms with van der Waals surface area (Å²) in [4.78, 5) is 29.6. The van der Waals surface area contributed by atoms with Gasteiger partial charge in [-0.25, -0.2) is 9.18 Å². The Hall–Kier alpha value is -3.48. The third kappa shape index (κ3) is 7.67. The molecule has 2 aromatic carbocycles. The van der Waals surface area contributed by atoms with Crippen molar-refractivity contribution in [1.29, 1.82) is 5.26 Å². The van der Waals surface area contributed by atoms with Crippen LogP contribution in [0.15, 0.2) is 48.5 Å². The number of benzene rings is 2. The normalized spacial score (nSPS) is 23.2. The highest BCUT2D eigenvalue weighted by atomic mass is 19.1. The zero-order chi connectivity index (χ0) is 29.5. The van der Waals surface area contributed by atoms with E-state index in [2.05, 4.69) is 26.5 Å². The molecule has 2 aromatic rings. The van der Waals surface area contributed by atoms with Crippen LogP contribution in [0.5, 0.6) is 0 Å². The molecule has 2 saturated heterocycles. The number of carbonyl (C=O) groups is 2. The van der Waals surface area contributed by atoms with E-state index < -0.39 is 12.0 Å². The standard InChI is InChI=1S/C33H42FN5O3/c34-28-8-4-7-26(17-28)30-22-39(31(32(40)41)25-5-2-1-3-6-25)21-27(30)20-38-15-13-29(14-16-38)37-33(42)36-19-24-11-9-23(18-35)10-12-24/h4,7-12,17,25,27,29-31H,1-3,5-6,13-16,19-22H2,(H,40,41)(H2,36,37,42). The average molecular weight is 576 g/mol. The number of likely N-dealkylation sites (tertiary alicyclic amines) is 2. The van der Waals surface area contributed by atoms with Gasteiger partial charge in [-0.1, -0.05) is 43.5 Å². The highest BCUT2D eigenvalue weighted by Crippen LogP contribution is 2.38. The molecule has 3 N–H and O–H groups in total. The number of piperidine rings is 1. The van der Waals surface area contributed by atoms with Crippen LogP contribution < -0.4 is 10.6 Å². The number of urea groups is 1. The molecule has 1 saturated carbocycles. The molecule has 3 aliphatic rings. The minimum absolute atomic E-state index is 0.0787. The van der Waals surface area contributed by atoms with Crippen LogP contribution in [0.3, 0.4) is 0 Å². The second-order valence-electron chi connectivity index (χ2n) is 12.3. The average Bonchev–Trinajstić information content (AvgIpc) is 3.40. The fourth-order valence-electron chi connectivity index (χ4n) is 7.24. The fraction of sp³-hybridized carbons (Fsp3) is 0.545. The highest BCUT2D eigenvalue weighted by molar-refractivity contribution is 5.74. The number of carboxylic acid groups (broad SMARTS) is 1. The van der Waals surface area contributed by atoms with Crippen molar-refractivity contribution in [3.63, 3.8) is 0 Å². The summed E-state index contributed by atoms with van der Waals surface area (Å²) in [6.45, 7) is 4.25. The van der Waals surface area contributed by atoms with E-state index in [0.717, 1.165) is 69.3 Å². The maximum atomic E-state index is 14.2. The molecule has 8 nitrogen and oxygen atoms in total. The van der Waals surface area contributed by atoms with E-state index in [1.54, 1.807) is 24.3 Å². The molecule has 0 radical (unpaired) electrons. The van der Waals surface area contributed by atoms with Crippen LogP contribution in [-0.4, -0.2) is 71.7 Å². The van der Waals surface area contributed by atoms with Crippen molar-refractivity contribution in [3.8, 4) is 6.07 Å². The van der Waals surface area contributed by atoms with Gasteiger partial charge < -0.3 is 20.6 Å². The van der Waals surface area contributed by atoms with Crippen molar-refractivity contribution in [3.05, 3.63) is 71.0 Å². The van der Waals surface area contributed by atoms with Crippen LogP contribution in [-0.2, 0) is 11.3 Å². The fourth-order valence-corrected chi connectivity index (χ4v) is 7.24. The van der Waals surface area contributed by atoms with Crippen molar-refractivity contribution < 1.29 is 19.1 Å². The predicted octanol–water partition coefficient (Wildman–Crippen LogP) is 4.71. The van der Waals surface area contributed by atoms with E-state index in [4.69, 9.17) is 5.26 Å². The molecule has 3 unspecified atom stereocenters. The lowest BCUT2D eigenvalue weighted by Gasteiger charge is -2.35. The Morgan fingerprint density at radius 3 is 2.43 bits per heavy atom. The quantitative estimate of drug-likeness (QED) is 0.400. The van der Waals surface area contributed by atoms with Gasteiger partial charge in [0.05, 0.1) is 11.6 Å². The Morgan fingerprint density at radius 1 is 1.02 bits per heavy atom. The van der Waals surface area contributed by atoms with E-state index >= 15 is 0 Å². The number of rotatable bonds is 9. The second-order valence-corrected chi connectivity index (χ2v) is 12.3. The number of hydrogen-bond acceptors (Lipinski definition) is 5. The lowest BCUT2D eigenvalue weighted by atomic mass is 9.83. The summed E-state index contributed by atoms with van der Waals surface area (Å²) in [5.74, 6) is -0.526. The second kappa shape index (κ2) is 14.1. The molecule has 2 heterocycles. The number of halogens is 1. The van der Waals surface area contributed by atoms with Crippen molar-refractivity contribution >= 4 is 12.0 Å². The maximum Gasteiger partial charge on any atom is 0.321 e. The molecule has 42 heavy (non-hydrogen) atoms. The van der Waals surface area contributed by atoms with Gasteiger partial charge in [0.15, 0.2) is 0 Å². The number of nitrogens with one attached hydrogen (secondary N) is 2. The molecule has 5 rings (SSSR count). The molecule has 224 valence electrons. The van der Waals surface area contributed by atoms with Gasteiger partial charge in [-0.15, -0.1) is 0 Å². The van der Waals surface area contributed by atoms with Crippen LogP contribution in [0.2, 0.25) is 0 Å². The topological polar surface area (TPSA) is 109 Å². The predicted molar refractivity (Wildman–Crippen MR) is 158 cm³/mol. The first-order chi connectivity index (χ1) is 20.4. The Bertz CT molecular complexity index is 1250. The molecule has 3 fully saturated rings. The van der Waals surface area contributed by atoms with Crippen molar-refractivity contribution in [2.75, 3.05) is 32.7 Å². The lowest BCUT2D eigenvalue weighted by Crippen LogP contribution is -2.49. The van der Waals surface area contributed by atoms with Gasteiger partial charge in [-0.05, 0) is 72.9 Å². The van der Waals surface area contributed by atoms with Crippen LogP contribution in [0.1, 0.15) is 67.6 Å². The molecule has 0 bridgehead atoms. The van der Waals surface area contributed by atoms with E-state index in [-0.39, 0.29) is 35.6 Å². The summed E-state index contributed by atoms with van der Waals surface area (Å²) in [6.07, 6.45) is 6.97. The minimum atomic E-state index is -0.732. The summed E-state index contributed by atoms with van der Waals surface area (Å²) < 4.78 is 14.2. The molecule has 2 aliphatic heterocycles. The van der Waals surface area contributed by atoms with Crippen LogP contribution in [0.25, 0.3) is 0 Å². The Labute approximate surface area is 247 Å². The van der Waals surface area contributed by atoms with Crippen molar-refractivity contribution in [1.82, 2.24) is 20.4 Å². The first-order valence-electron chi connectivity index (χ1n) is 15.4. The molecule has 0 aromatic heterocycles. The Morgan fingerprint density at radius 2 is 1.76 bits per heavy atom. The van der Waals surface area contributed by atoms with Gasteiger partial charge in [0.25, 0.3) is 0 Å². The third-order valence-corrected chi connectivity index (χ3v) is 9.44. The van der Waals surface area contributed by atoms with Gasteiger partial charge in [0.1, 0.15) is 11.9 Å². The monoisotopic (exact) mass is 575 g/mol. The lowest BCUT2D eigenvalue weighted by molar-refractivity contribution is -0.145. The number of carbonyl (C=O) groups excluding carboxylic acids is 1. The number of nitrogens with zero attached hydrogens (tertiary/aromatic N) is 3. The highest BCUT2D eigenvalue weighted by Gasteiger charge is 2.43. The summed E-state index contributed by atoms with van der Waals surface area (Å²) in [7, 11) is 0. The molecule has 1 aliphatic carbocycles. The van der Waals surface area contributed by atoms with Gasteiger partial charge in [0, 0.05) is 51.2 Å². The SMILES string of the molecule is N#Cc1ccc(CNC(=O)NC2CCN(CC3CN(C(C(=O)O)C4CCCCC4)CC3c3cccc(F)c3)CC2)cc1. The zero-order valence-corrected chi connectivity index (χ0v) is 24.2. The minimum Gasteiger partial charge on any atom is -0.480 e. The van der Waals surface area contributed by atoms with Crippen LogP contribution >= 0.6 is 0 Å². The number of nitriles is 1. The number of amides is 2. The largest absolute Gasteiger partial charge is 0.480 e. The summed E-state index contributed by atoms with van der Waals surface area (Å²) in [5, 5.41) is 25.2. The Kier molecular flexibility index (Phi) is 10.1. The molecular formula is C33H42FN5O3. The summed E-state index contributed by atoms with van der Waals surface area (Å²) in [6, 6.07) is 15.5. The molecule has 9 heteroatoms. The molecule has 0 spiro atoms. The van der Waals surface area contributed by atoms with E-state index in [1.807, 2.05) is 18.2 Å². The third-order valence-electron chi connectivity index (χ3n) is 9.44. The van der Waals surface area contributed by atoms with Gasteiger partial charge >= 0.3 is 12.0 Å². The van der Waals surface area contributed by atoms with E-state index in [1.165, 1.54) is 12.5 Å². The maximum absolute atomic E-state index is 14.2. The molecule has 2 amide bonds. The summed E-state index contributed by atoms with van der Waals surface area (Å²) >= 11 is 0. The molecule has 3 atom stereocenters. The van der Waals surface area contributed by atoms with Crippen molar-refractivity contribution in [2.45, 2.75) is 69.5 Å². The number of aliphatic carboxylic acids is 1. The first kappa shape index (κ1) is 30.0. The number of carboxylic acids is 1. The Balaban J connectivity index is 1.16. The summed E-state index contributed by atoms with van der Waals surface area (Å²) in [5.41, 5.74) is 2.48. The zero-order valence-electron chi connectivity index (χ0n) is 24.2.